The van der Waals surface area contributed by atoms with E-state index in [0.29, 0.717) is 31.9 Å². The third-order valence-electron chi connectivity index (χ3n) is 5.22. The maximum atomic E-state index is 13.3. The topological polar surface area (TPSA) is 70.2 Å². The van der Waals surface area contributed by atoms with Gasteiger partial charge in [-0.2, -0.15) is 17.0 Å². The first-order valence-electron chi connectivity index (χ1n) is 9.84. The lowest BCUT2D eigenvalue weighted by molar-refractivity contribution is -0.139. The molecule has 2 fully saturated rings. The van der Waals surface area contributed by atoms with Crippen molar-refractivity contribution in [3.8, 4) is 5.75 Å². The monoisotopic (exact) mass is 413 g/mol. The van der Waals surface area contributed by atoms with Crippen molar-refractivity contribution < 1.29 is 22.3 Å². The van der Waals surface area contributed by atoms with E-state index in [9.17, 15) is 17.6 Å². The second kappa shape index (κ2) is 9.19. The molecule has 0 spiro atoms. The van der Waals surface area contributed by atoms with E-state index in [1.54, 1.807) is 22.2 Å². The molecule has 1 aromatic carbocycles. The number of hydrogen-bond acceptors (Lipinski definition) is 4. The Balaban J connectivity index is 1.54. The molecule has 9 heteroatoms. The summed E-state index contributed by atoms with van der Waals surface area (Å²) >= 11 is 0. The van der Waals surface area contributed by atoms with E-state index in [-0.39, 0.29) is 19.0 Å². The summed E-state index contributed by atoms with van der Waals surface area (Å²) in [7, 11) is -3.48. The van der Waals surface area contributed by atoms with Gasteiger partial charge in [-0.25, -0.2) is 4.39 Å². The molecule has 0 bridgehead atoms. The minimum absolute atomic E-state index is 0.226. The summed E-state index contributed by atoms with van der Waals surface area (Å²) < 4.78 is 47.6. The van der Waals surface area contributed by atoms with Crippen LogP contribution in [0.2, 0.25) is 0 Å². The van der Waals surface area contributed by atoms with Gasteiger partial charge in [-0.05, 0) is 31.9 Å². The predicted octanol–water partition coefficient (Wildman–Crippen LogP) is 1.86. The smallest absolute Gasteiger partial charge is 0.282 e. The normalized spacial score (nSPS) is 21.1. The third-order valence-corrected chi connectivity index (χ3v) is 7.26. The van der Waals surface area contributed by atoms with Crippen LogP contribution in [0, 0.1) is 5.82 Å². The van der Waals surface area contributed by atoms with Gasteiger partial charge in [0, 0.05) is 45.3 Å². The van der Waals surface area contributed by atoms with E-state index in [2.05, 4.69) is 0 Å². The Labute approximate surface area is 166 Å². The first kappa shape index (κ1) is 21.0. The fraction of sp³-hybridized carbons (Fsp3) is 0.632. The highest BCUT2D eigenvalue weighted by Crippen LogP contribution is 2.19. The first-order valence-corrected chi connectivity index (χ1v) is 11.2. The summed E-state index contributed by atoms with van der Waals surface area (Å²) in [4.78, 5) is 14.2. The molecule has 2 aliphatic rings. The average Bonchev–Trinajstić information content (AvgIpc) is 2.97. The summed E-state index contributed by atoms with van der Waals surface area (Å²) in [6.45, 7) is 3.95. The van der Waals surface area contributed by atoms with Gasteiger partial charge in [0.05, 0.1) is 0 Å². The van der Waals surface area contributed by atoms with Gasteiger partial charge in [-0.3, -0.25) is 4.79 Å². The molecular formula is C19H28FN3O4S. The fourth-order valence-corrected chi connectivity index (χ4v) is 5.30. The molecule has 0 radical (unpaired) electrons. The Morgan fingerprint density at radius 1 is 1.00 bits per heavy atom. The van der Waals surface area contributed by atoms with Crippen molar-refractivity contribution >= 4 is 16.1 Å². The summed E-state index contributed by atoms with van der Waals surface area (Å²) in [6, 6.07) is 5.66. The predicted molar refractivity (Wildman–Crippen MR) is 104 cm³/mol. The number of ether oxygens (including phenoxy) is 1. The van der Waals surface area contributed by atoms with Crippen molar-refractivity contribution in [2.75, 3.05) is 39.3 Å². The molecule has 156 valence electrons. The second-order valence-corrected chi connectivity index (χ2v) is 9.19. The van der Waals surface area contributed by atoms with Crippen molar-refractivity contribution in [1.29, 1.82) is 0 Å². The average molecular weight is 414 g/mol. The molecular weight excluding hydrogens is 385 g/mol. The van der Waals surface area contributed by atoms with E-state index in [0.717, 1.165) is 25.7 Å². The summed E-state index contributed by atoms with van der Waals surface area (Å²) in [5, 5.41) is 0. The number of benzene rings is 1. The number of halogens is 1. The van der Waals surface area contributed by atoms with Crippen LogP contribution in [0.1, 0.15) is 32.6 Å². The summed E-state index contributed by atoms with van der Waals surface area (Å²) in [5.41, 5.74) is 0. The van der Waals surface area contributed by atoms with Crippen molar-refractivity contribution in [2.24, 2.45) is 0 Å². The molecule has 0 N–H and O–H groups in total. The minimum atomic E-state index is -3.48. The molecule has 0 saturated carbocycles. The second-order valence-electron chi connectivity index (χ2n) is 7.26. The Kier molecular flexibility index (Phi) is 6.90. The van der Waals surface area contributed by atoms with Gasteiger partial charge >= 0.3 is 0 Å². The van der Waals surface area contributed by atoms with Crippen molar-refractivity contribution in [1.82, 2.24) is 13.5 Å². The van der Waals surface area contributed by atoms with Crippen LogP contribution in [-0.4, -0.2) is 73.2 Å². The Bertz CT molecular complexity index is 773. The van der Waals surface area contributed by atoms with E-state index < -0.39 is 22.1 Å². The standard InChI is InChI=1S/C19H28FN3O4S/c1-16(27-18-8-6-7-17(20)15-18)19(24)21-11-13-23(14-12-21)28(25,26)22-9-4-2-3-5-10-22/h6-8,15-16H,2-5,9-14H2,1H3/t16-/m1/s1. The number of nitrogens with zero attached hydrogens (tertiary/aromatic N) is 3. The zero-order valence-electron chi connectivity index (χ0n) is 16.2. The number of hydrogen-bond donors (Lipinski definition) is 0. The highest BCUT2D eigenvalue weighted by molar-refractivity contribution is 7.86. The van der Waals surface area contributed by atoms with Gasteiger partial charge in [0.15, 0.2) is 6.10 Å². The lowest BCUT2D eigenvalue weighted by atomic mass is 10.2. The summed E-state index contributed by atoms with van der Waals surface area (Å²) in [5.74, 6) is -0.358. The molecule has 28 heavy (non-hydrogen) atoms. The molecule has 1 aromatic rings. The first-order chi connectivity index (χ1) is 13.4. The lowest BCUT2D eigenvalue weighted by Gasteiger charge is -2.37. The molecule has 2 aliphatic heterocycles. The molecule has 1 atom stereocenters. The van der Waals surface area contributed by atoms with Crippen LogP contribution >= 0.6 is 0 Å². The van der Waals surface area contributed by atoms with Crippen LogP contribution in [0.15, 0.2) is 24.3 Å². The van der Waals surface area contributed by atoms with E-state index in [1.807, 2.05) is 0 Å². The van der Waals surface area contributed by atoms with Gasteiger partial charge in [-0.1, -0.05) is 18.9 Å². The SMILES string of the molecule is C[C@@H](Oc1cccc(F)c1)C(=O)N1CCN(S(=O)(=O)N2CCCCCC2)CC1. The largest absolute Gasteiger partial charge is 0.481 e. The lowest BCUT2D eigenvalue weighted by Crippen LogP contribution is -2.56. The number of piperazine rings is 1. The third kappa shape index (κ3) is 5.01. The van der Waals surface area contributed by atoms with Gasteiger partial charge in [0.25, 0.3) is 16.1 Å². The van der Waals surface area contributed by atoms with Crippen molar-refractivity contribution in [3.05, 3.63) is 30.1 Å². The van der Waals surface area contributed by atoms with Crippen molar-refractivity contribution in [3.63, 3.8) is 0 Å². The highest BCUT2D eigenvalue weighted by Gasteiger charge is 2.34. The Morgan fingerprint density at radius 3 is 2.21 bits per heavy atom. The molecule has 0 aliphatic carbocycles. The van der Waals surface area contributed by atoms with Gasteiger partial charge < -0.3 is 9.64 Å². The summed E-state index contributed by atoms with van der Waals surface area (Å²) in [6.07, 6.45) is 3.16. The van der Waals surface area contributed by atoms with Crippen LogP contribution in [0.4, 0.5) is 4.39 Å². The number of carbonyl (C=O) groups is 1. The maximum absolute atomic E-state index is 13.3. The molecule has 2 heterocycles. The molecule has 1 amide bonds. The van der Waals surface area contributed by atoms with Gasteiger partial charge in [0.2, 0.25) is 0 Å². The molecule has 0 unspecified atom stereocenters. The van der Waals surface area contributed by atoms with Gasteiger partial charge in [0.1, 0.15) is 11.6 Å². The van der Waals surface area contributed by atoms with Crippen LogP contribution in [0.25, 0.3) is 0 Å². The quantitative estimate of drug-likeness (QED) is 0.739. The molecule has 2 saturated heterocycles. The fourth-order valence-electron chi connectivity index (χ4n) is 3.63. The van der Waals surface area contributed by atoms with E-state index in [4.69, 9.17) is 4.74 Å². The number of amides is 1. The van der Waals surface area contributed by atoms with E-state index >= 15 is 0 Å². The zero-order chi connectivity index (χ0) is 20.1. The van der Waals surface area contributed by atoms with Crippen LogP contribution in [0.5, 0.6) is 5.75 Å². The number of carbonyl (C=O) groups excluding carboxylic acids is 1. The van der Waals surface area contributed by atoms with Crippen LogP contribution in [0.3, 0.4) is 0 Å². The molecule has 0 aromatic heterocycles. The van der Waals surface area contributed by atoms with Crippen LogP contribution < -0.4 is 4.74 Å². The Hall–Kier alpha value is -1.71. The highest BCUT2D eigenvalue weighted by atomic mass is 32.2. The minimum Gasteiger partial charge on any atom is -0.481 e. The molecule has 3 rings (SSSR count). The van der Waals surface area contributed by atoms with Crippen molar-refractivity contribution in [2.45, 2.75) is 38.7 Å². The maximum Gasteiger partial charge on any atom is 0.282 e. The number of rotatable bonds is 5. The van der Waals surface area contributed by atoms with Gasteiger partial charge in [-0.15, -0.1) is 0 Å². The molecule has 7 nitrogen and oxygen atoms in total. The van der Waals surface area contributed by atoms with E-state index in [1.165, 1.54) is 22.5 Å². The van der Waals surface area contributed by atoms with Crippen LogP contribution in [-0.2, 0) is 15.0 Å². The Morgan fingerprint density at radius 2 is 1.61 bits per heavy atom. The zero-order valence-corrected chi connectivity index (χ0v) is 17.0.